The Morgan fingerprint density at radius 2 is 1.83 bits per heavy atom. The van der Waals surface area contributed by atoms with Crippen molar-refractivity contribution in [3.05, 3.63) is 53.1 Å². The van der Waals surface area contributed by atoms with Crippen LogP contribution in [0.25, 0.3) is 0 Å². The van der Waals surface area contributed by atoms with Crippen LogP contribution in [0.2, 0.25) is 5.02 Å². The molecule has 1 fully saturated rings. The summed E-state index contributed by atoms with van der Waals surface area (Å²) in [6, 6.07) is 13.5. The predicted molar refractivity (Wildman–Crippen MR) is 115 cm³/mol. The molecule has 0 bridgehead atoms. The van der Waals surface area contributed by atoms with Crippen LogP contribution in [0.1, 0.15) is 5.56 Å². The molecule has 2 aromatic rings. The number of halogens is 1. The quantitative estimate of drug-likeness (QED) is 0.673. The number of ether oxygens (including phenoxy) is 3. The molecule has 1 heterocycles. The van der Waals surface area contributed by atoms with E-state index in [1.165, 1.54) is 0 Å². The summed E-state index contributed by atoms with van der Waals surface area (Å²) in [6.07, 6.45) is -0.538. The van der Waals surface area contributed by atoms with Crippen LogP contribution in [0, 0.1) is 0 Å². The monoisotopic (exact) mass is 420 g/mol. The Bertz CT molecular complexity index is 781. The summed E-state index contributed by atoms with van der Waals surface area (Å²) in [5.74, 6) is 1.50. The summed E-state index contributed by atoms with van der Waals surface area (Å²) in [7, 11) is 3.26. The molecule has 1 unspecified atom stereocenters. The second-order valence-corrected chi connectivity index (χ2v) is 7.55. The number of rotatable bonds is 9. The molecule has 29 heavy (non-hydrogen) atoms. The molecule has 7 heteroatoms. The molecule has 1 aliphatic heterocycles. The van der Waals surface area contributed by atoms with Crippen LogP contribution in [0.5, 0.6) is 11.5 Å². The largest absolute Gasteiger partial charge is 0.497 e. The summed E-state index contributed by atoms with van der Waals surface area (Å²) in [4.78, 5) is 4.58. The molecule has 0 aromatic heterocycles. The number of nitrogens with zero attached hydrogens (tertiary/aromatic N) is 2. The molecule has 0 aliphatic carbocycles. The van der Waals surface area contributed by atoms with Gasteiger partial charge in [-0.25, -0.2) is 0 Å². The summed E-state index contributed by atoms with van der Waals surface area (Å²) in [5.41, 5.74) is 2.04. The van der Waals surface area contributed by atoms with Gasteiger partial charge < -0.3 is 24.2 Å². The summed E-state index contributed by atoms with van der Waals surface area (Å²) in [6.45, 7) is 4.85. The van der Waals surface area contributed by atoms with E-state index < -0.39 is 6.10 Å². The number of β-amino-alcohol motifs (C(OH)–C–C–N with tert-alkyl or cyclic N) is 1. The average molecular weight is 421 g/mol. The number of piperazine rings is 1. The maximum Gasteiger partial charge on any atom is 0.124 e. The van der Waals surface area contributed by atoms with Gasteiger partial charge in [-0.05, 0) is 36.4 Å². The molecular formula is C22H29ClN2O4. The summed E-state index contributed by atoms with van der Waals surface area (Å²) in [5, 5.41) is 11.1. The van der Waals surface area contributed by atoms with Gasteiger partial charge in [0, 0.05) is 49.0 Å². The number of anilines is 1. The highest BCUT2D eigenvalue weighted by atomic mass is 35.5. The Kier molecular flexibility index (Phi) is 8.00. The van der Waals surface area contributed by atoms with Crippen molar-refractivity contribution in [1.29, 1.82) is 0 Å². The third kappa shape index (κ3) is 6.24. The van der Waals surface area contributed by atoms with E-state index in [0.717, 1.165) is 54.0 Å². The van der Waals surface area contributed by atoms with Crippen molar-refractivity contribution >= 4 is 17.3 Å². The Hall–Kier alpha value is -1.99. The van der Waals surface area contributed by atoms with Crippen LogP contribution >= 0.6 is 11.6 Å². The zero-order valence-corrected chi connectivity index (χ0v) is 17.8. The summed E-state index contributed by atoms with van der Waals surface area (Å²) < 4.78 is 16.3. The van der Waals surface area contributed by atoms with Gasteiger partial charge >= 0.3 is 0 Å². The minimum absolute atomic E-state index is 0.273. The standard InChI is InChI=1S/C22H29ClN2O4/c1-27-21-6-7-22(28-2)17(12-21)15-29-16-20(26)14-24-8-10-25(11-9-24)19-5-3-4-18(23)13-19/h3-7,12-13,20,26H,8-11,14-16H2,1-2H3. The molecule has 6 nitrogen and oxygen atoms in total. The smallest absolute Gasteiger partial charge is 0.124 e. The van der Waals surface area contributed by atoms with E-state index in [1.807, 2.05) is 36.4 Å². The number of hydrogen-bond acceptors (Lipinski definition) is 6. The van der Waals surface area contributed by atoms with Crippen LogP contribution in [-0.2, 0) is 11.3 Å². The van der Waals surface area contributed by atoms with Crippen LogP contribution in [0.3, 0.4) is 0 Å². The zero-order valence-electron chi connectivity index (χ0n) is 17.0. The normalized spacial score (nSPS) is 15.9. The van der Waals surface area contributed by atoms with Crippen molar-refractivity contribution in [1.82, 2.24) is 4.90 Å². The first-order valence-corrected chi connectivity index (χ1v) is 10.2. The second kappa shape index (κ2) is 10.7. The number of aliphatic hydroxyl groups is 1. The highest BCUT2D eigenvalue weighted by molar-refractivity contribution is 6.30. The topological polar surface area (TPSA) is 54.4 Å². The van der Waals surface area contributed by atoms with Gasteiger partial charge in [0.15, 0.2) is 0 Å². The van der Waals surface area contributed by atoms with Gasteiger partial charge in [-0.1, -0.05) is 17.7 Å². The van der Waals surface area contributed by atoms with Gasteiger partial charge in [-0.15, -0.1) is 0 Å². The van der Waals surface area contributed by atoms with Gasteiger partial charge in [0.25, 0.3) is 0 Å². The first kappa shape index (κ1) is 21.7. The molecule has 1 N–H and O–H groups in total. The fourth-order valence-electron chi connectivity index (χ4n) is 3.51. The van der Waals surface area contributed by atoms with Crippen molar-refractivity contribution in [2.75, 3.05) is 58.5 Å². The lowest BCUT2D eigenvalue weighted by atomic mass is 10.2. The SMILES string of the molecule is COc1ccc(OC)c(COCC(O)CN2CCN(c3cccc(Cl)c3)CC2)c1. The Morgan fingerprint density at radius 1 is 1.03 bits per heavy atom. The lowest BCUT2D eigenvalue weighted by molar-refractivity contribution is 0.00862. The molecule has 1 saturated heterocycles. The average Bonchev–Trinajstić information content (AvgIpc) is 2.74. The predicted octanol–water partition coefficient (Wildman–Crippen LogP) is 3.06. The van der Waals surface area contributed by atoms with Crippen LogP contribution in [-0.4, -0.2) is 69.7 Å². The van der Waals surface area contributed by atoms with E-state index in [1.54, 1.807) is 14.2 Å². The first-order chi connectivity index (χ1) is 14.1. The molecule has 1 atom stereocenters. The van der Waals surface area contributed by atoms with Gasteiger partial charge in [0.05, 0.1) is 33.5 Å². The Morgan fingerprint density at radius 3 is 2.52 bits per heavy atom. The highest BCUT2D eigenvalue weighted by Crippen LogP contribution is 2.25. The van der Waals surface area contributed by atoms with Crippen LogP contribution in [0.15, 0.2) is 42.5 Å². The molecular weight excluding hydrogens is 392 g/mol. The lowest BCUT2D eigenvalue weighted by Crippen LogP contribution is -2.49. The lowest BCUT2D eigenvalue weighted by Gasteiger charge is -2.37. The van der Waals surface area contributed by atoms with E-state index in [0.29, 0.717) is 13.2 Å². The first-order valence-electron chi connectivity index (χ1n) is 9.78. The maximum atomic E-state index is 10.4. The zero-order chi connectivity index (χ0) is 20.6. The molecule has 158 valence electrons. The van der Waals surface area contributed by atoms with Gasteiger partial charge in [0.1, 0.15) is 11.5 Å². The fourth-order valence-corrected chi connectivity index (χ4v) is 3.70. The number of methoxy groups -OCH3 is 2. The van der Waals surface area contributed by atoms with E-state index in [-0.39, 0.29) is 6.61 Å². The van der Waals surface area contributed by atoms with E-state index in [9.17, 15) is 5.11 Å². The number of aliphatic hydroxyl groups excluding tert-OH is 1. The third-order valence-electron chi connectivity index (χ3n) is 5.07. The van der Waals surface area contributed by atoms with Crippen LogP contribution < -0.4 is 14.4 Å². The molecule has 0 spiro atoms. The number of hydrogen-bond donors (Lipinski definition) is 1. The van der Waals surface area contributed by atoms with Crippen molar-refractivity contribution in [2.45, 2.75) is 12.7 Å². The van der Waals surface area contributed by atoms with E-state index in [4.69, 9.17) is 25.8 Å². The van der Waals surface area contributed by atoms with Gasteiger partial charge in [0.2, 0.25) is 0 Å². The van der Waals surface area contributed by atoms with Crippen molar-refractivity contribution in [2.24, 2.45) is 0 Å². The molecule has 3 rings (SSSR count). The van der Waals surface area contributed by atoms with Crippen molar-refractivity contribution < 1.29 is 19.3 Å². The molecule has 0 radical (unpaired) electrons. The molecule has 0 saturated carbocycles. The molecule has 2 aromatic carbocycles. The highest BCUT2D eigenvalue weighted by Gasteiger charge is 2.20. The molecule has 1 aliphatic rings. The fraction of sp³-hybridized carbons (Fsp3) is 0.455. The minimum Gasteiger partial charge on any atom is -0.497 e. The van der Waals surface area contributed by atoms with Crippen LogP contribution in [0.4, 0.5) is 5.69 Å². The Balaban J connectivity index is 1.41. The van der Waals surface area contributed by atoms with Crippen molar-refractivity contribution in [3.63, 3.8) is 0 Å². The Labute approximate surface area is 177 Å². The van der Waals surface area contributed by atoms with Gasteiger partial charge in [-0.2, -0.15) is 0 Å². The second-order valence-electron chi connectivity index (χ2n) is 7.11. The minimum atomic E-state index is -0.538. The molecule has 0 amide bonds. The van der Waals surface area contributed by atoms with Crippen molar-refractivity contribution in [3.8, 4) is 11.5 Å². The number of benzene rings is 2. The maximum absolute atomic E-state index is 10.4. The van der Waals surface area contributed by atoms with E-state index >= 15 is 0 Å². The summed E-state index contributed by atoms with van der Waals surface area (Å²) >= 11 is 6.09. The van der Waals surface area contributed by atoms with E-state index in [2.05, 4.69) is 15.9 Å². The third-order valence-corrected chi connectivity index (χ3v) is 5.31. The van der Waals surface area contributed by atoms with Gasteiger partial charge in [-0.3, -0.25) is 4.90 Å².